The van der Waals surface area contributed by atoms with Crippen molar-refractivity contribution in [2.24, 2.45) is 5.73 Å². The summed E-state index contributed by atoms with van der Waals surface area (Å²) in [5.74, 6) is -0.426. The van der Waals surface area contributed by atoms with Crippen LogP contribution >= 0.6 is 12.4 Å². The third kappa shape index (κ3) is 3.93. The lowest BCUT2D eigenvalue weighted by molar-refractivity contribution is -0.139. The van der Waals surface area contributed by atoms with Crippen LogP contribution in [-0.2, 0) is 6.18 Å². The molecule has 0 saturated heterocycles. The highest BCUT2D eigenvalue weighted by molar-refractivity contribution is 5.85. The number of ether oxygens (including phenoxy) is 1. The van der Waals surface area contributed by atoms with E-state index in [1.54, 1.807) is 0 Å². The maximum atomic E-state index is 12.3. The lowest BCUT2D eigenvalue weighted by Crippen LogP contribution is -2.15. The van der Waals surface area contributed by atoms with E-state index in [1.807, 2.05) is 0 Å². The van der Waals surface area contributed by atoms with E-state index in [0.717, 1.165) is 6.07 Å². The predicted octanol–water partition coefficient (Wildman–Crippen LogP) is 1.86. The summed E-state index contributed by atoms with van der Waals surface area (Å²) >= 11 is 0. The van der Waals surface area contributed by atoms with Crippen LogP contribution < -0.4 is 10.5 Å². The molecule has 2 N–H and O–H groups in total. The van der Waals surface area contributed by atoms with Gasteiger partial charge in [-0.3, -0.25) is 0 Å². The van der Waals surface area contributed by atoms with Crippen molar-refractivity contribution in [3.8, 4) is 5.88 Å². The number of aromatic nitrogens is 1. The highest BCUT2D eigenvalue weighted by Crippen LogP contribution is 2.34. The molecule has 86 valence electrons. The summed E-state index contributed by atoms with van der Waals surface area (Å²) < 4.78 is 41.7. The molecular weight excluding hydrogens is 233 g/mol. The molecule has 0 aliphatic heterocycles. The lowest BCUT2D eigenvalue weighted by Gasteiger charge is -2.11. The molecule has 0 aliphatic rings. The average Bonchev–Trinajstić information content (AvgIpc) is 2.14. The Morgan fingerprint density at radius 3 is 2.60 bits per heavy atom. The second kappa shape index (κ2) is 5.77. The van der Waals surface area contributed by atoms with Gasteiger partial charge in [0.2, 0.25) is 5.88 Å². The van der Waals surface area contributed by atoms with E-state index in [9.17, 15) is 13.2 Å². The van der Waals surface area contributed by atoms with Gasteiger partial charge in [-0.2, -0.15) is 13.2 Å². The highest BCUT2D eigenvalue weighted by Gasteiger charge is 2.34. The fraction of sp³-hybridized carbons (Fsp3) is 0.375. The van der Waals surface area contributed by atoms with E-state index in [0.29, 0.717) is 0 Å². The molecule has 15 heavy (non-hydrogen) atoms. The third-order valence-corrected chi connectivity index (χ3v) is 1.43. The first kappa shape index (κ1) is 14.0. The predicted molar refractivity (Wildman–Crippen MR) is 51.0 cm³/mol. The van der Waals surface area contributed by atoms with Crippen molar-refractivity contribution in [1.29, 1.82) is 0 Å². The molecule has 0 atom stereocenters. The van der Waals surface area contributed by atoms with E-state index in [1.165, 1.54) is 12.3 Å². The van der Waals surface area contributed by atoms with Crippen molar-refractivity contribution >= 4 is 12.4 Å². The van der Waals surface area contributed by atoms with E-state index in [4.69, 9.17) is 10.5 Å². The molecule has 0 aromatic carbocycles. The van der Waals surface area contributed by atoms with Gasteiger partial charge in [0.25, 0.3) is 0 Å². The number of hydrogen-bond donors (Lipinski definition) is 1. The summed E-state index contributed by atoms with van der Waals surface area (Å²) in [4.78, 5) is 3.48. The summed E-state index contributed by atoms with van der Waals surface area (Å²) in [7, 11) is 0. The van der Waals surface area contributed by atoms with Gasteiger partial charge in [-0.15, -0.1) is 12.4 Å². The van der Waals surface area contributed by atoms with E-state index < -0.39 is 17.6 Å². The zero-order valence-corrected chi connectivity index (χ0v) is 8.44. The quantitative estimate of drug-likeness (QED) is 0.880. The molecule has 0 bridgehead atoms. The number of halogens is 4. The second-order valence-electron chi connectivity index (χ2n) is 2.49. The normalized spacial score (nSPS) is 10.7. The molecule has 0 radical (unpaired) electrons. The van der Waals surface area contributed by atoms with Crippen molar-refractivity contribution in [3.63, 3.8) is 0 Å². The van der Waals surface area contributed by atoms with Gasteiger partial charge in [0, 0.05) is 12.7 Å². The van der Waals surface area contributed by atoms with Crippen molar-refractivity contribution < 1.29 is 17.9 Å². The van der Waals surface area contributed by atoms with Crippen LogP contribution in [0.5, 0.6) is 5.88 Å². The first-order chi connectivity index (χ1) is 6.55. The second-order valence-corrected chi connectivity index (χ2v) is 2.49. The molecular formula is C8H10ClF3N2O. The summed E-state index contributed by atoms with van der Waals surface area (Å²) in [6.45, 7) is 0.161. The Hall–Kier alpha value is -1.01. The maximum Gasteiger partial charge on any atom is 0.421 e. The average molecular weight is 243 g/mol. The van der Waals surface area contributed by atoms with Crippen LogP contribution in [0.2, 0.25) is 0 Å². The van der Waals surface area contributed by atoms with Crippen LogP contribution in [0.4, 0.5) is 13.2 Å². The zero-order chi connectivity index (χ0) is 10.6. The van der Waals surface area contributed by atoms with Crippen LogP contribution in [0.3, 0.4) is 0 Å². The molecule has 0 saturated carbocycles. The number of rotatable bonds is 3. The SMILES string of the molecule is Cl.NCCOc1ncccc1C(F)(F)F. The van der Waals surface area contributed by atoms with Crippen molar-refractivity contribution in [2.45, 2.75) is 6.18 Å². The Labute approximate surface area is 90.8 Å². The van der Waals surface area contributed by atoms with Crippen LogP contribution in [0.25, 0.3) is 0 Å². The minimum Gasteiger partial charge on any atom is -0.476 e. The van der Waals surface area contributed by atoms with E-state index >= 15 is 0 Å². The fourth-order valence-corrected chi connectivity index (χ4v) is 0.877. The summed E-state index contributed by atoms with van der Waals surface area (Å²) in [5, 5.41) is 0. The molecule has 1 heterocycles. The summed E-state index contributed by atoms with van der Waals surface area (Å²) in [6, 6.07) is 2.12. The zero-order valence-electron chi connectivity index (χ0n) is 7.62. The first-order valence-electron chi connectivity index (χ1n) is 3.91. The van der Waals surface area contributed by atoms with Gasteiger partial charge in [-0.25, -0.2) is 4.98 Å². The molecule has 0 fully saturated rings. The van der Waals surface area contributed by atoms with Gasteiger partial charge in [0.05, 0.1) is 0 Å². The van der Waals surface area contributed by atoms with Crippen LogP contribution in [0, 0.1) is 0 Å². The Bertz CT molecular complexity index is 306. The van der Waals surface area contributed by atoms with Gasteiger partial charge in [0.15, 0.2) is 0 Å². The topological polar surface area (TPSA) is 48.1 Å². The Kier molecular flexibility index (Phi) is 5.38. The van der Waals surface area contributed by atoms with Gasteiger partial charge < -0.3 is 10.5 Å². The van der Waals surface area contributed by atoms with Crippen molar-refractivity contribution in [2.75, 3.05) is 13.2 Å². The molecule has 1 aromatic heterocycles. The number of alkyl halides is 3. The molecule has 0 spiro atoms. The molecule has 7 heteroatoms. The van der Waals surface area contributed by atoms with Crippen molar-refractivity contribution in [3.05, 3.63) is 23.9 Å². The standard InChI is InChI=1S/C8H9F3N2O.ClH/c9-8(10,11)6-2-1-4-13-7(6)14-5-3-12;/h1-2,4H,3,5,12H2;1H. The third-order valence-electron chi connectivity index (χ3n) is 1.43. The smallest absolute Gasteiger partial charge is 0.421 e. The fourth-order valence-electron chi connectivity index (χ4n) is 0.877. The number of hydrogen-bond acceptors (Lipinski definition) is 3. The molecule has 0 aliphatic carbocycles. The number of nitrogens with zero attached hydrogens (tertiary/aromatic N) is 1. The van der Waals surface area contributed by atoms with Gasteiger partial charge in [-0.05, 0) is 12.1 Å². The number of pyridine rings is 1. The largest absolute Gasteiger partial charge is 0.476 e. The van der Waals surface area contributed by atoms with Crippen molar-refractivity contribution in [1.82, 2.24) is 4.98 Å². The minimum atomic E-state index is -4.45. The molecule has 1 rings (SSSR count). The van der Waals surface area contributed by atoms with Crippen LogP contribution in [-0.4, -0.2) is 18.1 Å². The summed E-state index contributed by atoms with van der Waals surface area (Å²) in [5.41, 5.74) is 4.22. The molecule has 0 unspecified atom stereocenters. The van der Waals surface area contributed by atoms with Crippen LogP contribution in [0.1, 0.15) is 5.56 Å². The molecule has 0 amide bonds. The Morgan fingerprint density at radius 2 is 2.07 bits per heavy atom. The van der Waals surface area contributed by atoms with Crippen LogP contribution in [0.15, 0.2) is 18.3 Å². The first-order valence-corrected chi connectivity index (χ1v) is 3.91. The lowest BCUT2D eigenvalue weighted by atomic mass is 10.2. The van der Waals surface area contributed by atoms with Gasteiger partial charge in [0.1, 0.15) is 12.2 Å². The monoisotopic (exact) mass is 242 g/mol. The Morgan fingerprint density at radius 1 is 1.40 bits per heavy atom. The Balaban J connectivity index is 0.00000196. The maximum absolute atomic E-state index is 12.3. The molecule has 3 nitrogen and oxygen atoms in total. The highest BCUT2D eigenvalue weighted by atomic mass is 35.5. The molecule has 1 aromatic rings. The van der Waals surface area contributed by atoms with E-state index in [2.05, 4.69) is 4.98 Å². The van der Waals surface area contributed by atoms with Gasteiger partial charge >= 0.3 is 6.18 Å². The van der Waals surface area contributed by atoms with Gasteiger partial charge in [-0.1, -0.05) is 0 Å². The minimum absolute atomic E-state index is 0. The summed E-state index contributed by atoms with van der Waals surface area (Å²) in [6.07, 6.45) is -3.21. The van der Waals surface area contributed by atoms with E-state index in [-0.39, 0.29) is 25.6 Å². The number of nitrogens with two attached hydrogens (primary N) is 1.